The molecule has 9 heteroatoms. The number of hydrogen-bond donors (Lipinski definition) is 2. The molecular formula is C13H11N3O6. The Balaban J connectivity index is 1.94. The molecule has 1 aromatic carbocycles. The number of carbonyl (C=O) groups excluding carboxylic acids is 5. The second-order valence-electron chi connectivity index (χ2n) is 4.32. The van der Waals surface area contributed by atoms with E-state index in [0.29, 0.717) is 0 Å². The van der Waals surface area contributed by atoms with Gasteiger partial charge in [0.25, 0.3) is 17.7 Å². The number of carbonyl (C=O) groups is 5. The van der Waals surface area contributed by atoms with Crippen molar-refractivity contribution in [1.82, 2.24) is 10.2 Å². The Morgan fingerprint density at radius 1 is 1.09 bits per heavy atom. The fourth-order valence-electron chi connectivity index (χ4n) is 1.88. The number of fused-ring (bicyclic) bond motifs is 1. The lowest BCUT2D eigenvalue weighted by atomic mass is 10.1. The van der Waals surface area contributed by atoms with Gasteiger partial charge < -0.3 is 10.5 Å². The van der Waals surface area contributed by atoms with E-state index in [9.17, 15) is 24.0 Å². The first-order valence-electron chi connectivity index (χ1n) is 6.10. The number of nitrogens with one attached hydrogen (secondary N) is 1. The highest BCUT2D eigenvalue weighted by Crippen LogP contribution is 2.21. The van der Waals surface area contributed by atoms with E-state index in [-0.39, 0.29) is 11.1 Å². The third kappa shape index (κ3) is 3.08. The van der Waals surface area contributed by atoms with E-state index in [1.807, 2.05) is 0 Å². The lowest BCUT2D eigenvalue weighted by molar-refractivity contribution is -0.148. The maximum Gasteiger partial charge on any atom is 0.326 e. The van der Waals surface area contributed by atoms with Gasteiger partial charge in [-0.15, -0.1) is 0 Å². The number of primary amides is 1. The zero-order valence-corrected chi connectivity index (χ0v) is 11.2. The van der Waals surface area contributed by atoms with Crippen LogP contribution in [-0.2, 0) is 14.3 Å². The summed E-state index contributed by atoms with van der Waals surface area (Å²) in [6, 6.07) is 5.06. The maximum atomic E-state index is 12.0. The Hall–Kier alpha value is -3.23. The molecule has 0 bridgehead atoms. The molecule has 1 aliphatic heterocycles. The molecule has 0 fully saturated rings. The maximum absolute atomic E-state index is 12.0. The van der Waals surface area contributed by atoms with E-state index in [0.717, 1.165) is 4.90 Å². The van der Waals surface area contributed by atoms with Crippen LogP contribution in [0.1, 0.15) is 20.7 Å². The summed E-state index contributed by atoms with van der Waals surface area (Å²) in [5, 5.41) is 1.70. The summed E-state index contributed by atoms with van der Waals surface area (Å²) in [6.45, 7) is -1.37. The van der Waals surface area contributed by atoms with E-state index in [1.165, 1.54) is 12.1 Å². The fourth-order valence-corrected chi connectivity index (χ4v) is 1.88. The highest BCUT2D eigenvalue weighted by atomic mass is 16.5. The van der Waals surface area contributed by atoms with Crippen molar-refractivity contribution < 1.29 is 28.7 Å². The monoisotopic (exact) mass is 305 g/mol. The first-order valence-corrected chi connectivity index (χ1v) is 6.10. The zero-order valence-electron chi connectivity index (χ0n) is 11.2. The molecule has 0 saturated carbocycles. The molecule has 1 aliphatic rings. The molecule has 3 N–H and O–H groups in total. The number of esters is 1. The lowest BCUT2D eigenvalue weighted by Crippen LogP contribution is -2.40. The average molecular weight is 305 g/mol. The molecule has 0 aromatic heterocycles. The quantitative estimate of drug-likeness (QED) is 0.542. The summed E-state index contributed by atoms with van der Waals surface area (Å²) < 4.78 is 4.56. The first-order chi connectivity index (χ1) is 10.4. The molecular weight excluding hydrogens is 294 g/mol. The number of rotatable bonds is 4. The predicted molar refractivity (Wildman–Crippen MR) is 70.5 cm³/mol. The van der Waals surface area contributed by atoms with Crippen molar-refractivity contribution in [2.75, 3.05) is 13.2 Å². The highest BCUT2D eigenvalue weighted by Gasteiger charge is 2.36. The molecule has 5 amide bonds. The van der Waals surface area contributed by atoms with Crippen molar-refractivity contribution in [3.8, 4) is 0 Å². The van der Waals surface area contributed by atoms with Crippen molar-refractivity contribution in [2.45, 2.75) is 0 Å². The smallest absolute Gasteiger partial charge is 0.326 e. The van der Waals surface area contributed by atoms with Crippen LogP contribution in [0, 0.1) is 0 Å². The van der Waals surface area contributed by atoms with Gasteiger partial charge in [-0.1, -0.05) is 12.1 Å². The summed E-state index contributed by atoms with van der Waals surface area (Å²) in [5.74, 6) is -3.10. The van der Waals surface area contributed by atoms with Crippen molar-refractivity contribution in [1.29, 1.82) is 0 Å². The summed E-state index contributed by atoms with van der Waals surface area (Å²) in [6.07, 6.45) is 0. The molecule has 0 radical (unpaired) electrons. The molecule has 22 heavy (non-hydrogen) atoms. The molecule has 9 nitrogen and oxygen atoms in total. The van der Waals surface area contributed by atoms with Crippen LogP contribution in [-0.4, -0.2) is 47.8 Å². The number of amides is 5. The fraction of sp³-hybridized carbons (Fsp3) is 0.154. The third-order valence-corrected chi connectivity index (χ3v) is 2.79. The summed E-state index contributed by atoms with van der Waals surface area (Å²) in [5.41, 5.74) is 5.11. The van der Waals surface area contributed by atoms with Crippen molar-refractivity contribution in [3.63, 3.8) is 0 Å². The molecule has 0 spiro atoms. The van der Waals surface area contributed by atoms with Crippen LogP contribution in [0.15, 0.2) is 24.3 Å². The van der Waals surface area contributed by atoms with Crippen molar-refractivity contribution >= 4 is 29.7 Å². The first kappa shape index (κ1) is 15.2. The Morgan fingerprint density at radius 2 is 1.64 bits per heavy atom. The predicted octanol–water partition coefficient (Wildman–Crippen LogP) is -0.979. The normalized spacial score (nSPS) is 12.8. The van der Waals surface area contributed by atoms with Crippen LogP contribution in [0.2, 0.25) is 0 Å². The number of benzene rings is 1. The van der Waals surface area contributed by atoms with Crippen LogP contribution in [0.4, 0.5) is 4.79 Å². The van der Waals surface area contributed by atoms with Gasteiger partial charge in [-0.05, 0) is 12.1 Å². The minimum Gasteiger partial charge on any atom is -0.454 e. The molecule has 1 aromatic rings. The van der Waals surface area contributed by atoms with E-state index in [2.05, 4.69) is 4.74 Å². The summed E-state index contributed by atoms with van der Waals surface area (Å²) >= 11 is 0. The third-order valence-electron chi connectivity index (χ3n) is 2.79. The van der Waals surface area contributed by atoms with Gasteiger partial charge in [-0.25, -0.2) is 4.79 Å². The average Bonchev–Trinajstić information content (AvgIpc) is 2.70. The van der Waals surface area contributed by atoms with Crippen molar-refractivity contribution in [3.05, 3.63) is 35.4 Å². The van der Waals surface area contributed by atoms with E-state index in [4.69, 9.17) is 5.73 Å². The van der Waals surface area contributed by atoms with Crippen LogP contribution in [0.5, 0.6) is 0 Å². The van der Waals surface area contributed by atoms with Gasteiger partial charge in [0, 0.05) is 0 Å². The van der Waals surface area contributed by atoms with Gasteiger partial charge in [-0.3, -0.25) is 29.4 Å². The molecule has 114 valence electrons. The zero-order chi connectivity index (χ0) is 16.3. The minimum absolute atomic E-state index is 0.201. The largest absolute Gasteiger partial charge is 0.454 e. The molecule has 2 rings (SSSR count). The molecule has 0 atom stereocenters. The van der Waals surface area contributed by atoms with Crippen LogP contribution < -0.4 is 11.1 Å². The number of ether oxygens (including phenoxy) is 1. The van der Waals surface area contributed by atoms with E-state index in [1.54, 1.807) is 17.4 Å². The topological polar surface area (TPSA) is 136 Å². The Bertz CT molecular complexity index is 649. The minimum atomic E-state index is -1.08. The SMILES string of the molecule is NC(=O)NC(=O)COC(=O)CN1C(=O)c2ccccc2C1=O. The molecule has 0 unspecified atom stereocenters. The molecule has 0 aliphatic carbocycles. The summed E-state index contributed by atoms with van der Waals surface area (Å²) in [7, 11) is 0. The molecule has 0 saturated heterocycles. The van der Waals surface area contributed by atoms with Gasteiger partial charge >= 0.3 is 12.0 Å². The number of nitrogens with zero attached hydrogens (tertiary/aromatic N) is 1. The van der Waals surface area contributed by atoms with Gasteiger partial charge in [0.15, 0.2) is 6.61 Å². The Morgan fingerprint density at radius 3 is 2.14 bits per heavy atom. The lowest BCUT2D eigenvalue weighted by Gasteiger charge is -2.12. The van der Waals surface area contributed by atoms with Gasteiger partial charge in [0.05, 0.1) is 11.1 Å². The van der Waals surface area contributed by atoms with Gasteiger partial charge in [-0.2, -0.15) is 0 Å². The van der Waals surface area contributed by atoms with E-state index < -0.39 is 42.9 Å². The Labute approximate surface area is 124 Å². The number of urea groups is 1. The number of nitrogens with two attached hydrogens (primary N) is 1. The second kappa shape index (κ2) is 6.04. The van der Waals surface area contributed by atoms with Gasteiger partial charge in [0.2, 0.25) is 0 Å². The van der Waals surface area contributed by atoms with Crippen LogP contribution >= 0.6 is 0 Å². The van der Waals surface area contributed by atoms with Crippen LogP contribution in [0.25, 0.3) is 0 Å². The summed E-state index contributed by atoms with van der Waals surface area (Å²) in [4.78, 5) is 57.7. The van der Waals surface area contributed by atoms with Crippen molar-refractivity contribution in [2.24, 2.45) is 5.73 Å². The number of imide groups is 2. The second-order valence-corrected chi connectivity index (χ2v) is 4.32. The van der Waals surface area contributed by atoms with E-state index >= 15 is 0 Å². The highest BCUT2D eigenvalue weighted by molar-refractivity contribution is 6.22. The Kier molecular flexibility index (Phi) is 4.16. The molecule has 1 heterocycles. The standard InChI is InChI=1S/C13H11N3O6/c14-13(21)15-9(17)6-22-10(18)5-16-11(19)7-3-1-2-4-8(7)12(16)20/h1-4H,5-6H2,(H3,14,15,17,21). The van der Waals surface area contributed by atoms with Gasteiger partial charge in [0.1, 0.15) is 6.54 Å². The number of hydrogen-bond acceptors (Lipinski definition) is 6. The van der Waals surface area contributed by atoms with Crippen LogP contribution in [0.3, 0.4) is 0 Å².